The van der Waals surface area contributed by atoms with Crippen LogP contribution >= 0.6 is 0 Å². The van der Waals surface area contributed by atoms with Crippen molar-refractivity contribution in [3.8, 4) is 17.1 Å². The molecule has 3 aliphatic heterocycles. The van der Waals surface area contributed by atoms with E-state index >= 15 is 0 Å². The lowest BCUT2D eigenvalue weighted by Gasteiger charge is -2.33. The SMILES string of the molecule is CCCN1CCCC(c2ccc(Nc3nc(Nc4ccccc4C(N)=O)c4ccnc-4[nH]3)c(OC)c2)C1. The molecular formula is C28H33N7O2. The number of carbonyl (C=O) groups excluding carboxylic acids is 1. The zero-order valence-corrected chi connectivity index (χ0v) is 21.3. The summed E-state index contributed by atoms with van der Waals surface area (Å²) in [5.41, 5.74) is 9.41. The Hall–Kier alpha value is -4.11. The zero-order chi connectivity index (χ0) is 25.8. The molecule has 1 fully saturated rings. The van der Waals surface area contributed by atoms with Gasteiger partial charge in [-0.05, 0) is 74.2 Å². The normalized spacial score (nSPS) is 16.0. The van der Waals surface area contributed by atoms with Gasteiger partial charge in [0.25, 0.3) is 5.91 Å². The number of nitrogens with zero attached hydrogens (tertiary/aromatic N) is 3. The summed E-state index contributed by atoms with van der Waals surface area (Å²) >= 11 is 0. The van der Waals surface area contributed by atoms with Gasteiger partial charge in [-0.15, -0.1) is 0 Å². The molecule has 3 heterocycles. The smallest absolute Gasteiger partial charge is 0.250 e. The highest BCUT2D eigenvalue weighted by molar-refractivity contribution is 5.99. The molecule has 0 bridgehead atoms. The van der Waals surface area contributed by atoms with Crippen LogP contribution in [0, 0.1) is 0 Å². The second-order valence-corrected chi connectivity index (χ2v) is 9.40. The number of benzene rings is 2. The first kappa shape index (κ1) is 24.6. The summed E-state index contributed by atoms with van der Waals surface area (Å²) in [4.78, 5) is 26.9. The lowest BCUT2D eigenvalue weighted by Crippen LogP contribution is -2.34. The highest BCUT2D eigenvalue weighted by Crippen LogP contribution is 2.36. The van der Waals surface area contributed by atoms with Crippen molar-refractivity contribution in [2.45, 2.75) is 32.1 Å². The molecule has 0 aromatic heterocycles. The van der Waals surface area contributed by atoms with Gasteiger partial charge >= 0.3 is 0 Å². The highest BCUT2D eigenvalue weighted by atomic mass is 16.5. The minimum absolute atomic E-state index is 0.386. The number of rotatable bonds is 9. The second kappa shape index (κ2) is 10.9. The Labute approximate surface area is 216 Å². The van der Waals surface area contributed by atoms with Crippen LogP contribution in [0.3, 0.4) is 0 Å². The third kappa shape index (κ3) is 5.36. The van der Waals surface area contributed by atoms with E-state index in [0.717, 1.165) is 30.1 Å². The largest absolute Gasteiger partial charge is 0.495 e. The molecule has 0 spiro atoms. The zero-order valence-electron chi connectivity index (χ0n) is 21.3. The lowest BCUT2D eigenvalue weighted by molar-refractivity contribution is 0.100. The van der Waals surface area contributed by atoms with Crippen LogP contribution in [0.1, 0.15) is 48.0 Å². The van der Waals surface area contributed by atoms with E-state index in [9.17, 15) is 4.79 Å². The summed E-state index contributed by atoms with van der Waals surface area (Å²) in [6.45, 7) is 5.65. The van der Waals surface area contributed by atoms with Crippen molar-refractivity contribution in [2.75, 3.05) is 37.4 Å². The molecule has 3 aliphatic rings. The van der Waals surface area contributed by atoms with Crippen molar-refractivity contribution in [1.82, 2.24) is 19.9 Å². The number of nitrogens with one attached hydrogen (secondary N) is 3. The number of hydrogen-bond acceptors (Lipinski definition) is 7. The van der Waals surface area contributed by atoms with Gasteiger partial charge in [-0.25, -0.2) is 4.98 Å². The van der Waals surface area contributed by atoms with Gasteiger partial charge in [-0.2, -0.15) is 4.98 Å². The topological polar surface area (TPSA) is 121 Å². The molecule has 5 rings (SSSR count). The number of H-pyrrole nitrogens is 1. The van der Waals surface area contributed by atoms with Crippen LogP contribution in [0.25, 0.3) is 11.4 Å². The third-order valence-electron chi connectivity index (χ3n) is 6.86. The number of piperidine rings is 1. The first-order chi connectivity index (χ1) is 18.1. The number of methoxy groups -OCH3 is 1. The van der Waals surface area contributed by atoms with Gasteiger partial charge < -0.3 is 31.0 Å². The quantitative estimate of drug-likeness (QED) is 0.253. The van der Waals surface area contributed by atoms with Crippen molar-refractivity contribution in [3.63, 3.8) is 0 Å². The van der Waals surface area contributed by atoms with Crippen molar-refractivity contribution in [1.29, 1.82) is 0 Å². The minimum Gasteiger partial charge on any atom is -0.495 e. The highest BCUT2D eigenvalue weighted by Gasteiger charge is 2.22. The summed E-state index contributed by atoms with van der Waals surface area (Å²) in [7, 11) is 1.68. The van der Waals surface area contributed by atoms with E-state index in [1.807, 2.05) is 18.2 Å². The van der Waals surface area contributed by atoms with Crippen LogP contribution in [0.15, 0.2) is 54.7 Å². The Balaban J connectivity index is 1.42. The lowest BCUT2D eigenvalue weighted by atomic mass is 9.90. The fourth-order valence-electron chi connectivity index (χ4n) is 5.07. The Bertz CT molecular complexity index is 1350. The van der Waals surface area contributed by atoms with E-state index in [2.05, 4.69) is 44.6 Å². The molecule has 1 atom stereocenters. The Morgan fingerprint density at radius 1 is 1.19 bits per heavy atom. The van der Waals surface area contributed by atoms with Crippen LogP contribution < -0.4 is 21.1 Å². The fraction of sp³-hybridized carbons (Fsp3) is 0.321. The maximum absolute atomic E-state index is 11.9. The molecule has 2 aromatic carbocycles. The van der Waals surface area contributed by atoms with Crippen LogP contribution in [0.4, 0.5) is 23.1 Å². The summed E-state index contributed by atoms with van der Waals surface area (Å²) in [5, 5.41) is 6.61. The Morgan fingerprint density at radius 3 is 2.86 bits per heavy atom. The molecule has 1 unspecified atom stereocenters. The summed E-state index contributed by atoms with van der Waals surface area (Å²) in [5.74, 6) is 2.44. The second-order valence-electron chi connectivity index (χ2n) is 9.40. The van der Waals surface area contributed by atoms with Crippen molar-refractivity contribution in [2.24, 2.45) is 5.73 Å². The number of hydrogen-bond donors (Lipinski definition) is 4. The number of fused-ring (bicyclic) bond motifs is 1. The van der Waals surface area contributed by atoms with Crippen LogP contribution in [0.2, 0.25) is 0 Å². The summed E-state index contributed by atoms with van der Waals surface area (Å²) in [6.07, 6.45) is 5.29. The fourth-order valence-corrected chi connectivity index (χ4v) is 5.07. The number of likely N-dealkylation sites (tertiary alicyclic amines) is 1. The maximum atomic E-state index is 11.9. The molecule has 9 heteroatoms. The molecule has 192 valence electrons. The van der Waals surface area contributed by atoms with Gasteiger partial charge in [0, 0.05) is 12.7 Å². The van der Waals surface area contributed by atoms with Crippen molar-refractivity contribution < 1.29 is 9.53 Å². The number of anilines is 4. The van der Waals surface area contributed by atoms with Crippen molar-refractivity contribution in [3.05, 3.63) is 65.9 Å². The van der Waals surface area contributed by atoms with E-state index < -0.39 is 5.91 Å². The maximum Gasteiger partial charge on any atom is 0.250 e. The molecule has 2 aromatic rings. The molecule has 5 N–H and O–H groups in total. The van der Waals surface area contributed by atoms with E-state index in [4.69, 9.17) is 15.5 Å². The Morgan fingerprint density at radius 2 is 2.05 bits per heavy atom. The molecule has 0 aliphatic carbocycles. The van der Waals surface area contributed by atoms with Gasteiger partial charge in [0.2, 0.25) is 5.95 Å². The number of ether oxygens (including phenoxy) is 1. The van der Waals surface area contributed by atoms with Crippen LogP contribution in [-0.2, 0) is 0 Å². The molecular weight excluding hydrogens is 466 g/mol. The third-order valence-corrected chi connectivity index (χ3v) is 6.86. The molecule has 0 saturated carbocycles. The van der Waals surface area contributed by atoms with E-state index in [-0.39, 0.29) is 0 Å². The predicted molar refractivity (Wildman–Crippen MR) is 146 cm³/mol. The summed E-state index contributed by atoms with van der Waals surface area (Å²) < 4.78 is 5.76. The van der Waals surface area contributed by atoms with Gasteiger partial charge in [0.05, 0.1) is 29.6 Å². The number of primary amides is 1. The number of amides is 1. The number of carbonyl (C=O) groups is 1. The minimum atomic E-state index is -0.513. The van der Waals surface area contributed by atoms with Gasteiger partial charge in [-0.3, -0.25) is 4.79 Å². The molecule has 1 amide bonds. The predicted octanol–water partition coefficient (Wildman–Crippen LogP) is 5.09. The number of aromatic amines is 1. The van der Waals surface area contributed by atoms with E-state index in [0.29, 0.717) is 34.8 Å². The van der Waals surface area contributed by atoms with Crippen molar-refractivity contribution >= 4 is 29.0 Å². The van der Waals surface area contributed by atoms with Gasteiger partial charge in [-0.1, -0.05) is 25.1 Å². The number of nitrogens with two attached hydrogens (primary N) is 1. The molecule has 37 heavy (non-hydrogen) atoms. The first-order valence-corrected chi connectivity index (χ1v) is 12.7. The number of aromatic nitrogens is 3. The first-order valence-electron chi connectivity index (χ1n) is 12.7. The van der Waals surface area contributed by atoms with E-state index in [1.54, 1.807) is 31.5 Å². The van der Waals surface area contributed by atoms with E-state index in [1.165, 1.54) is 31.4 Å². The van der Waals surface area contributed by atoms with Crippen LogP contribution in [0.5, 0.6) is 5.75 Å². The van der Waals surface area contributed by atoms with Gasteiger partial charge in [0.15, 0.2) is 0 Å². The molecule has 1 saturated heterocycles. The average Bonchev–Trinajstić information content (AvgIpc) is 3.38. The average molecular weight is 500 g/mol. The Kier molecular flexibility index (Phi) is 7.23. The standard InChI is InChI=1S/C28H33N7O2/c1-3-14-35-15-6-7-19(17-35)18-10-11-23(24(16-18)37-2)32-28-33-26-21(12-13-30-26)27(34-28)31-22-9-5-4-8-20(22)25(29)36/h4-5,8-13,16,19H,3,6-7,14-15,17H2,1-2H3,(H2,29,36)(H3,30,31,32,33,34). The van der Waals surface area contributed by atoms with Crippen LogP contribution in [-0.4, -0.2) is 52.5 Å². The van der Waals surface area contributed by atoms with Gasteiger partial charge in [0.1, 0.15) is 17.4 Å². The monoisotopic (exact) mass is 499 g/mol. The summed E-state index contributed by atoms with van der Waals surface area (Å²) in [6, 6.07) is 15.3. The number of para-hydroxylation sites is 1. The molecule has 0 radical (unpaired) electrons. The molecule has 9 nitrogen and oxygen atoms in total.